The van der Waals surface area contributed by atoms with Crippen LogP contribution in [0.4, 0.5) is 30.0 Å². The number of unbranched alkanes of at least 4 members (excludes halogenated alkanes) is 3. The number of fused-ring (bicyclic) bond motifs is 2. The molecular formula is C52H65F6N3O8P2. The molecule has 2 aliphatic rings. The van der Waals surface area contributed by atoms with E-state index in [0.717, 1.165) is 31.8 Å². The first-order chi connectivity index (χ1) is 33.2. The molecule has 2 bridgehead atoms. The Morgan fingerprint density at radius 2 is 1.34 bits per heavy atom. The van der Waals surface area contributed by atoms with Gasteiger partial charge in [-0.2, -0.15) is 0 Å². The molecule has 3 aromatic rings. The molecule has 0 spiro atoms. The van der Waals surface area contributed by atoms with Crippen molar-refractivity contribution in [3.63, 3.8) is 0 Å². The van der Waals surface area contributed by atoms with E-state index >= 15 is 0 Å². The van der Waals surface area contributed by atoms with E-state index in [4.69, 9.17) is 19.9 Å². The number of rotatable bonds is 14. The molecule has 2 amide bonds. The average Bonchev–Trinajstić information content (AvgIpc) is 3.31. The first-order valence-corrected chi connectivity index (χ1v) is 27.2. The number of nitrogens with one attached hydrogen (secondary N) is 2. The summed E-state index contributed by atoms with van der Waals surface area (Å²) < 4.78 is 76.1. The fourth-order valence-electron chi connectivity index (χ4n) is 8.70. The summed E-state index contributed by atoms with van der Waals surface area (Å²) in [6, 6.07) is 32.6. The van der Waals surface area contributed by atoms with Crippen molar-refractivity contribution in [1.29, 1.82) is 0 Å². The number of primary amides is 1. The standard InChI is InChI=1S/C52H64N3O8P.F6P/c1-35-31-42-47(54-29-18-7-8-19-30-64(39-22-12-9-13-23-39,40-24-14-10-15-25-40)41-26-16-11-17-27-41)44(56)34-43(49(42)58)55-51(59)36(2)21-20-28-45(61-5)50(63-52(53)60)38(4)33-37(3)48(57)46(32-35)62-6;1-7(2,3,4,5)6/h9-17,20-28,33-35,37,45-46,48,50,57H,7-8,18-19,29-32H2,1-6H3,(H3-,53,54,55,56,58,59,60);/q;-1/p+1/b28-20-,36-21+,38-33+;/t35-,37+,45+,46+,48-,50+;/m1./s1. The van der Waals surface area contributed by atoms with Crippen LogP contribution in [0.3, 0.4) is 0 Å². The van der Waals surface area contributed by atoms with Gasteiger partial charge in [-0.3, -0.25) is 14.4 Å². The van der Waals surface area contributed by atoms with Crippen molar-refractivity contribution in [2.45, 2.75) is 90.6 Å². The summed E-state index contributed by atoms with van der Waals surface area (Å²) in [5.74, 6) is -2.09. The minimum absolute atomic E-state index is 0.110. The van der Waals surface area contributed by atoms with E-state index in [1.54, 1.807) is 32.1 Å². The molecule has 0 fully saturated rings. The number of carbonyl (C=O) groups excluding carboxylic acids is 4. The van der Waals surface area contributed by atoms with Crippen molar-refractivity contribution >= 4 is 54.6 Å². The van der Waals surface area contributed by atoms with E-state index in [0.29, 0.717) is 18.5 Å². The molecule has 0 radical (unpaired) electrons. The van der Waals surface area contributed by atoms with Gasteiger partial charge in [0.1, 0.15) is 29.3 Å². The topological polar surface area (TPSA) is 166 Å². The third kappa shape index (κ3) is 18.3. The van der Waals surface area contributed by atoms with E-state index in [-0.39, 0.29) is 34.9 Å². The van der Waals surface area contributed by atoms with E-state index in [1.807, 2.05) is 13.8 Å². The van der Waals surface area contributed by atoms with Crippen LogP contribution in [-0.4, -0.2) is 80.0 Å². The molecule has 1 aliphatic carbocycles. The van der Waals surface area contributed by atoms with Crippen molar-refractivity contribution in [1.82, 2.24) is 10.6 Å². The number of carbonyl (C=O) groups is 4. The monoisotopic (exact) mass is 1040 g/mol. The predicted molar refractivity (Wildman–Crippen MR) is 270 cm³/mol. The van der Waals surface area contributed by atoms with Gasteiger partial charge in [-0.05, 0) is 93.8 Å². The van der Waals surface area contributed by atoms with Crippen LogP contribution in [0.1, 0.15) is 66.2 Å². The van der Waals surface area contributed by atoms with Crippen molar-refractivity contribution in [2.24, 2.45) is 17.6 Å². The van der Waals surface area contributed by atoms with Gasteiger partial charge in [0, 0.05) is 43.9 Å². The number of halogens is 6. The van der Waals surface area contributed by atoms with E-state index < -0.39 is 69.0 Å². The molecule has 1 heterocycles. The van der Waals surface area contributed by atoms with E-state index in [2.05, 4.69) is 102 Å². The number of hydrogen-bond acceptors (Lipinski definition) is 9. The number of ether oxygens (including phenoxy) is 3. The average molecular weight is 1040 g/mol. The number of hydrogen-bond donors (Lipinski definition) is 4. The number of benzene rings is 3. The van der Waals surface area contributed by atoms with Crippen LogP contribution in [-0.2, 0) is 28.6 Å². The number of aliphatic hydroxyl groups excluding tert-OH is 1. The zero-order valence-corrected chi connectivity index (χ0v) is 42.5. The van der Waals surface area contributed by atoms with Gasteiger partial charge < -0.3 is 35.7 Å². The first kappa shape index (κ1) is 58.1. The van der Waals surface area contributed by atoms with E-state index in [9.17, 15) is 49.5 Å². The molecular weight excluding hydrogens is 971 g/mol. The van der Waals surface area contributed by atoms with Gasteiger partial charge >= 0.3 is 39.1 Å². The second kappa shape index (κ2) is 24.8. The third-order valence-corrected chi connectivity index (χ3v) is 16.6. The van der Waals surface area contributed by atoms with Crippen LogP contribution in [0.25, 0.3) is 0 Å². The molecule has 11 nitrogen and oxygen atoms in total. The molecule has 3 aromatic carbocycles. The third-order valence-electron chi connectivity index (χ3n) is 12.1. The van der Waals surface area contributed by atoms with Crippen LogP contribution in [0.2, 0.25) is 0 Å². The molecule has 71 heavy (non-hydrogen) atoms. The zero-order valence-electron chi connectivity index (χ0n) is 40.7. The van der Waals surface area contributed by atoms with Crippen LogP contribution in [0, 0.1) is 11.8 Å². The van der Waals surface area contributed by atoms with Crippen molar-refractivity contribution in [3.8, 4) is 0 Å². The molecule has 6 atom stereocenters. The second-order valence-corrected chi connectivity index (χ2v) is 23.3. The number of Topliss-reactive ketones (excluding diaryl/α,β-unsaturated/α-hetero) is 1. The van der Waals surface area contributed by atoms with Gasteiger partial charge in [0.15, 0.2) is 6.10 Å². The summed E-state index contributed by atoms with van der Waals surface area (Å²) in [4.78, 5) is 53.4. The fourth-order valence-corrected chi connectivity index (χ4v) is 13.1. The molecule has 0 aromatic heterocycles. The molecule has 1 aliphatic heterocycles. The Morgan fingerprint density at radius 1 is 0.817 bits per heavy atom. The van der Waals surface area contributed by atoms with Gasteiger partial charge in [0.25, 0.3) is 5.91 Å². The Morgan fingerprint density at radius 3 is 1.83 bits per heavy atom. The van der Waals surface area contributed by atoms with Crippen LogP contribution >= 0.6 is 15.1 Å². The summed E-state index contributed by atoms with van der Waals surface area (Å²) in [7, 11) is -9.63. The molecule has 0 saturated carbocycles. The molecule has 5 rings (SSSR count). The van der Waals surface area contributed by atoms with Gasteiger partial charge in [-0.1, -0.05) is 99.2 Å². The summed E-state index contributed by atoms with van der Waals surface area (Å²) in [5.41, 5.74) is 6.67. The molecule has 0 saturated heterocycles. The Kier molecular flexibility index (Phi) is 20.3. The van der Waals surface area contributed by atoms with Gasteiger partial charge in [0.2, 0.25) is 11.6 Å². The summed E-state index contributed by atoms with van der Waals surface area (Å²) in [6.07, 6.45) is 8.61. The van der Waals surface area contributed by atoms with E-state index in [1.165, 1.54) is 42.3 Å². The number of ketones is 2. The quantitative estimate of drug-likeness (QED) is 0.0404. The molecule has 388 valence electrons. The van der Waals surface area contributed by atoms with Crippen LogP contribution < -0.4 is 32.3 Å². The van der Waals surface area contributed by atoms with Crippen LogP contribution in [0.15, 0.2) is 149 Å². The molecule has 19 heteroatoms. The molecule has 0 unspecified atom stereocenters. The number of aliphatic hydroxyl groups is 1. The first-order valence-electron chi connectivity index (χ1n) is 23.2. The molecule has 5 N–H and O–H groups in total. The Labute approximate surface area is 412 Å². The minimum atomic E-state index is -10.7. The number of nitrogens with two attached hydrogens (primary N) is 1. The van der Waals surface area contributed by atoms with Gasteiger partial charge in [0.05, 0.1) is 29.8 Å². The van der Waals surface area contributed by atoms with Crippen molar-refractivity contribution in [3.05, 3.63) is 149 Å². The van der Waals surface area contributed by atoms with Gasteiger partial charge in [-0.25, -0.2) is 4.79 Å². The summed E-state index contributed by atoms with van der Waals surface area (Å²) >= 11 is 0. The maximum absolute atomic E-state index is 14.2. The Hall–Kier alpha value is -5.44. The summed E-state index contributed by atoms with van der Waals surface area (Å²) in [5, 5.41) is 21.6. The van der Waals surface area contributed by atoms with Crippen molar-refractivity contribution in [2.75, 3.05) is 26.9 Å². The van der Waals surface area contributed by atoms with Crippen LogP contribution in [0.5, 0.6) is 0 Å². The predicted octanol–water partition coefficient (Wildman–Crippen LogP) is 10.3. The SMILES string of the molecule is CO[C@H]1/C=C\C=C(/C)C(=O)NC2=CC(=O)C(NCCCCCC[P+](c3ccccc3)(c3ccccc3)c3ccccc3)=C(C[C@@H](C)C[C@H](OC)[C@H](O)[C@@H](C)/C=C(\C)[C@@H]1OC(N)=O)C2=O.F[P-](F)(F)(F)(F)F. The second-order valence-electron chi connectivity index (χ2n) is 17.8. The van der Waals surface area contributed by atoms with Crippen molar-refractivity contribution < 1.29 is 63.7 Å². The fraction of sp³-hybridized carbons (Fsp3) is 0.385. The number of amides is 2. The maximum atomic E-state index is 14.2. The Bertz CT molecular complexity index is 2360. The summed E-state index contributed by atoms with van der Waals surface area (Å²) in [6.45, 7) is 7.58. The zero-order chi connectivity index (χ0) is 52.6. The number of methoxy groups -OCH3 is 2. The van der Waals surface area contributed by atoms with Gasteiger partial charge in [-0.15, -0.1) is 0 Å². The normalized spacial score (nSPS) is 24.8. The Balaban J connectivity index is 0.00000145. The number of allylic oxidation sites excluding steroid dienone is 4.